The molecule has 0 fully saturated rings. The summed E-state index contributed by atoms with van der Waals surface area (Å²) in [6, 6.07) is 2.02. The van der Waals surface area contributed by atoms with Gasteiger partial charge < -0.3 is 5.32 Å². The molecular formula is C11H15N5. The standard InChI is InChI=1S/C11H15N5/c1-9-2-4-12-6-10(9)7-13-5-3-11-14-8-15-16-11/h2,4,6,8,13H,3,5,7H2,1H3,(H,14,15,16). The van der Waals surface area contributed by atoms with Gasteiger partial charge in [0, 0.05) is 31.9 Å². The van der Waals surface area contributed by atoms with E-state index in [0.717, 1.165) is 25.3 Å². The molecule has 2 aromatic heterocycles. The number of nitrogens with zero attached hydrogens (tertiary/aromatic N) is 3. The molecule has 0 aliphatic carbocycles. The van der Waals surface area contributed by atoms with Crippen molar-refractivity contribution in [3.8, 4) is 0 Å². The maximum atomic E-state index is 4.11. The van der Waals surface area contributed by atoms with E-state index in [0.29, 0.717) is 0 Å². The average Bonchev–Trinajstić information content (AvgIpc) is 2.79. The number of hydrogen-bond acceptors (Lipinski definition) is 4. The zero-order valence-electron chi connectivity index (χ0n) is 9.27. The fourth-order valence-corrected chi connectivity index (χ4v) is 1.46. The molecule has 16 heavy (non-hydrogen) atoms. The maximum Gasteiger partial charge on any atom is 0.137 e. The summed E-state index contributed by atoms with van der Waals surface area (Å²) in [7, 11) is 0. The second-order valence-corrected chi connectivity index (χ2v) is 3.66. The monoisotopic (exact) mass is 217 g/mol. The van der Waals surface area contributed by atoms with Crippen LogP contribution in [0.4, 0.5) is 0 Å². The second kappa shape index (κ2) is 5.37. The van der Waals surface area contributed by atoms with E-state index in [-0.39, 0.29) is 0 Å². The summed E-state index contributed by atoms with van der Waals surface area (Å²) in [5, 5.41) is 9.99. The predicted molar refractivity (Wildman–Crippen MR) is 60.8 cm³/mol. The first kappa shape index (κ1) is 10.8. The summed E-state index contributed by atoms with van der Waals surface area (Å²) in [6.45, 7) is 3.81. The van der Waals surface area contributed by atoms with Crippen molar-refractivity contribution in [2.75, 3.05) is 6.54 Å². The summed E-state index contributed by atoms with van der Waals surface area (Å²) in [4.78, 5) is 8.16. The van der Waals surface area contributed by atoms with Crippen LogP contribution in [0.25, 0.3) is 0 Å². The van der Waals surface area contributed by atoms with Gasteiger partial charge in [-0.05, 0) is 24.1 Å². The van der Waals surface area contributed by atoms with Crippen molar-refractivity contribution >= 4 is 0 Å². The number of nitrogens with one attached hydrogen (secondary N) is 2. The summed E-state index contributed by atoms with van der Waals surface area (Å²) < 4.78 is 0. The van der Waals surface area contributed by atoms with Crippen LogP contribution in [0.3, 0.4) is 0 Å². The maximum absolute atomic E-state index is 4.11. The Labute approximate surface area is 94.3 Å². The molecule has 0 aliphatic rings. The van der Waals surface area contributed by atoms with Crippen molar-refractivity contribution in [3.05, 3.63) is 41.7 Å². The summed E-state index contributed by atoms with van der Waals surface area (Å²) in [6.07, 6.45) is 6.10. The highest BCUT2D eigenvalue weighted by Gasteiger charge is 1.98. The van der Waals surface area contributed by atoms with Crippen molar-refractivity contribution in [2.45, 2.75) is 19.9 Å². The van der Waals surface area contributed by atoms with Gasteiger partial charge in [0.05, 0.1) is 0 Å². The minimum Gasteiger partial charge on any atom is -0.312 e. The molecule has 0 aromatic carbocycles. The number of aromatic nitrogens is 4. The van der Waals surface area contributed by atoms with Gasteiger partial charge in [-0.3, -0.25) is 10.1 Å². The minimum absolute atomic E-state index is 0.841. The average molecular weight is 217 g/mol. The zero-order valence-corrected chi connectivity index (χ0v) is 9.27. The quantitative estimate of drug-likeness (QED) is 0.728. The number of H-pyrrole nitrogens is 1. The zero-order chi connectivity index (χ0) is 11.2. The molecule has 2 aromatic rings. The fourth-order valence-electron chi connectivity index (χ4n) is 1.46. The topological polar surface area (TPSA) is 66.5 Å². The van der Waals surface area contributed by atoms with Crippen LogP contribution in [0.5, 0.6) is 0 Å². The number of pyridine rings is 1. The van der Waals surface area contributed by atoms with E-state index in [9.17, 15) is 0 Å². The Balaban J connectivity index is 1.74. The van der Waals surface area contributed by atoms with Crippen molar-refractivity contribution < 1.29 is 0 Å². The second-order valence-electron chi connectivity index (χ2n) is 3.66. The molecule has 5 nitrogen and oxygen atoms in total. The minimum atomic E-state index is 0.841. The van der Waals surface area contributed by atoms with Crippen LogP contribution in [-0.4, -0.2) is 26.7 Å². The van der Waals surface area contributed by atoms with Gasteiger partial charge in [-0.25, -0.2) is 4.98 Å². The first-order chi connectivity index (χ1) is 7.86. The molecule has 0 unspecified atom stereocenters. The number of aromatic amines is 1. The fraction of sp³-hybridized carbons (Fsp3) is 0.364. The Morgan fingerprint density at radius 1 is 1.44 bits per heavy atom. The molecule has 0 radical (unpaired) electrons. The van der Waals surface area contributed by atoms with Gasteiger partial charge in [-0.15, -0.1) is 0 Å². The van der Waals surface area contributed by atoms with Crippen LogP contribution in [0.2, 0.25) is 0 Å². The van der Waals surface area contributed by atoms with Gasteiger partial charge in [0.25, 0.3) is 0 Å². The largest absolute Gasteiger partial charge is 0.312 e. The van der Waals surface area contributed by atoms with Gasteiger partial charge >= 0.3 is 0 Å². The van der Waals surface area contributed by atoms with Crippen LogP contribution >= 0.6 is 0 Å². The Morgan fingerprint density at radius 2 is 2.38 bits per heavy atom. The molecule has 2 rings (SSSR count). The van der Waals surface area contributed by atoms with Crippen LogP contribution in [-0.2, 0) is 13.0 Å². The molecular weight excluding hydrogens is 202 g/mol. The molecule has 0 amide bonds. The highest BCUT2D eigenvalue weighted by Crippen LogP contribution is 2.03. The third-order valence-corrected chi connectivity index (χ3v) is 2.47. The van der Waals surface area contributed by atoms with E-state index in [1.54, 1.807) is 0 Å². The molecule has 0 saturated carbocycles. The Bertz CT molecular complexity index is 424. The van der Waals surface area contributed by atoms with Crippen LogP contribution in [0.15, 0.2) is 24.8 Å². The van der Waals surface area contributed by atoms with Gasteiger partial charge in [0.2, 0.25) is 0 Å². The van der Waals surface area contributed by atoms with Gasteiger partial charge in [-0.1, -0.05) is 0 Å². The number of rotatable bonds is 5. The van der Waals surface area contributed by atoms with Gasteiger partial charge in [-0.2, -0.15) is 5.10 Å². The van der Waals surface area contributed by atoms with Gasteiger partial charge in [0.15, 0.2) is 0 Å². The smallest absolute Gasteiger partial charge is 0.137 e. The van der Waals surface area contributed by atoms with E-state index in [1.165, 1.54) is 17.5 Å². The van der Waals surface area contributed by atoms with E-state index in [2.05, 4.69) is 32.4 Å². The normalized spacial score (nSPS) is 10.6. The van der Waals surface area contributed by atoms with Gasteiger partial charge in [0.1, 0.15) is 12.2 Å². The van der Waals surface area contributed by atoms with Crippen molar-refractivity contribution in [1.82, 2.24) is 25.5 Å². The van der Waals surface area contributed by atoms with Crippen molar-refractivity contribution in [2.24, 2.45) is 0 Å². The third kappa shape index (κ3) is 2.87. The molecule has 0 bridgehead atoms. The van der Waals surface area contributed by atoms with Crippen LogP contribution in [0, 0.1) is 6.92 Å². The van der Waals surface area contributed by atoms with E-state index < -0.39 is 0 Å². The van der Waals surface area contributed by atoms with Crippen molar-refractivity contribution in [1.29, 1.82) is 0 Å². The number of aryl methyl sites for hydroxylation is 1. The lowest BCUT2D eigenvalue weighted by molar-refractivity contribution is 0.668. The first-order valence-electron chi connectivity index (χ1n) is 5.30. The van der Waals surface area contributed by atoms with Crippen molar-refractivity contribution in [3.63, 3.8) is 0 Å². The molecule has 0 spiro atoms. The molecule has 0 saturated heterocycles. The first-order valence-corrected chi connectivity index (χ1v) is 5.30. The predicted octanol–water partition coefficient (Wildman–Crippen LogP) is 0.840. The lowest BCUT2D eigenvalue weighted by Crippen LogP contribution is -2.17. The molecule has 0 aliphatic heterocycles. The van der Waals surface area contributed by atoms with E-state index >= 15 is 0 Å². The molecule has 5 heteroatoms. The van der Waals surface area contributed by atoms with E-state index in [1.807, 2.05) is 18.5 Å². The highest BCUT2D eigenvalue weighted by atomic mass is 15.2. The molecule has 2 heterocycles. The Morgan fingerprint density at radius 3 is 3.12 bits per heavy atom. The number of hydrogen-bond donors (Lipinski definition) is 2. The SMILES string of the molecule is Cc1ccncc1CNCCc1ncn[nH]1. The molecule has 2 N–H and O–H groups in total. The third-order valence-electron chi connectivity index (χ3n) is 2.47. The summed E-state index contributed by atoms with van der Waals surface area (Å²) >= 11 is 0. The Hall–Kier alpha value is -1.75. The van der Waals surface area contributed by atoms with Crippen LogP contribution in [0.1, 0.15) is 17.0 Å². The summed E-state index contributed by atoms with van der Waals surface area (Å²) in [5.41, 5.74) is 2.50. The molecule has 84 valence electrons. The Kier molecular flexibility index (Phi) is 3.61. The lowest BCUT2D eigenvalue weighted by atomic mass is 10.1. The lowest BCUT2D eigenvalue weighted by Gasteiger charge is -2.05. The molecule has 0 atom stereocenters. The van der Waals surface area contributed by atoms with E-state index in [4.69, 9.17) is 0 Å². The highest BCUT2D eigenvalue weighted by molar-refractivity contribution is 5.20. The van der Waals surface area contributed by atoms with Crippen LogP contribution < -0.4 is 5.32 Å². The summed E-state index contributed by atoms with van der Waals surface area (Å²) in [5.74, 6) is 0.912.